The van der Waals surface area contributed by atoms with Gasteiger partial charge in [-0.3, -0.25) is 0 Å². The first-order valence-electron chi connectivity index (χ1n) is 6.59. The third-order valence-electron chi connectivity index (χ3n) is 3.39. The second kappa shape index (κ2) is 6.40. The van der Waals surface area contributed by atoms with Gasteiger partial charge >= 0.3 is 0 Å². The summed E-state index contributed by atoms with van der Waals surface area (Å²) >= 11 is 0. The average Bonchev–Trinajstić information content (AvgIpc) is 2.47. The van der Waals surface area contributed by atoms with E-state index in [1.807, 2.05) is 18.2 Å². The summed E-state index contributed by atoms with van der Waals surface area (Å²) in [7, 11) is 3.38. The lowest BCUT2D eigenvalue weighted by atomic mass is 9.94. The largest absolute Gasteiger partial charge is 0.497 e. The third-order valence-corrected chi connectivity index (χ3v) is 3.39. The molecular formula is C18H20O2. The van der Waals surface area contributed by atoms with Crippen molar-refractivity contribution in [3.63, 3.8) is 0 Å². The molecule has 2 rings (SSSR count). The van der Waals surface area contributed by atoms with E-state index in [4.69, 9.17) is 9.47 Å². The minimum absolute atomic E-state index is 0.565. The summed E-state index contributed by atoms with van der Waals surface area (Å²) in [6.07, 6.45) is 1.86. The molecule has 0 aliphatic heterocycles. The van der Waals surface area contributed by atoms with Crippen molar-refractivity contribution in [1.82, 2.24) is 0 Å². The Labute approximate surface area is 120 Å². The van der Waals surface area contributed by atoms with Crippen LogP contribution < -0.4 is 4.74 Å². The zero-order valence-electron chi connectivity index (χ0n) is 12.3. The van der Waals surface area contributed by atoms with Crippen molar-refractivity contribution in [3.05, 3.63) is 59.7 Å². The second-order valence-electron chi connectivity index (χ2n) is 4.73. The van der Waals surface area contributed by atoms with E-state index in [1.54, 1.807) is 14.2 Å². The van der Waals surface area contributed by atoms with Gasteiger partial charge in [-0.25, -0.2) is 0 Å². The van der Waals surface area contributed by atoms with Crippen LogP contribution in [-0.2, 0) is 11.3 Å². The highest BCUT2D eigenvalue weighted by molar-refractivity contribution is 5.73. The van der Waals surface area contributed by atoms with E-state index < -0.39 is 0 Å². The number of hydrogen-bond acceptors (Lipinski definition) is 2. The summed E-state index contributed by atoms with van der Waals surface area (Å²) in [4.78, 5) is 0. The van der Waals surface area contributed by atoms with Crippen LogP contribution in [0.25, 0.3) is 17.2 Å². The molecule has 0 radical (unpaired) electrons. The zero-order chi connectivity index (χ0) is 14.5. The molecule has 0 fully saturated rings. The maximum Gasteiger partial charge on any atom is 0.119 e. The van der Waals surface area contributed by atoms with Crippen LogP contribution in [0.2, 0.25) is 0 Å². The van der Waals surface area contributed by atoms with Crippen LogP contribution in [-0.4, -0.2) is 14.2 Å². The maximum atomic E-state index is 5.30. The summed E-state index contributed by atoms with van der Waals surface area (Å²) in [5, 5.41) is 0. The Kier molecular flexibility index (Phi) is 4.59. The molecule has 0 bridgehead atoms. The van der Waals surface area contributed by atoms with E-state index >= 15 is 0 Å². The van der Waals surface area contributed by atoms with Gasteiger partial charge in [-0.15, -0.1) is 0 Å². The van der Waals surface area contributed by atoms with Crippen molar-refractivity contribution < 1.29 is 9.47 Å². The molecule has 2 aromatic carbocycles. The molecule has 0 heterocycles. The first kappa shape index (κ1) is 14.4. The molecule has 0 atom stereocenters. The van der Waals surface area contributed by atoms with Crippen molar-refractivity contribution in [1.29, 1.82) is 0 Å². The molecule has 2 heteroatoms. The highest BCUT2D eigenvalue weighted by atomic mass is 16.5. The van der Waals surface area contributed by atoms with Crippen molar-refractivity contribution in [2.45, 2.75) is 13.5 Å². The lowest BCUT2D eigenvalue weighted by molar-refractivity contribution is 0.185. The Morgan fingerprint density at radius 2 is 1.80 bits per heavy atom. The molecule has 104 valence electrons. The van der Waals surface area contributed by atoms with E-state index in [9.17, 15) is 0 Å². The Bertz CT molecular complexity index is 615. The number of methoxy groups -OCH3 is 2. The first-order chi connectivity index (χ1) is 9.69. The van der Waals surface area contributed by atoms with E-state index in [0.29, 0.717) is 6.61 Å². The topological polar surface area (TPSA) is 18.5 Å². The fourth-order valence-corrected chi connectivity index (χ4v) is 2.35. The Morgan fingerprint density at radius 1 is 1.05 bits per heavy atom. The van der Waals surface area contributed by atoms with Gasteiger partial charge in [0.25, 0.3) is 0 Å². The number of ether oxygens (including phenoxy) is 2. The first-order valence-corrected chi connectivity index (χ1v) is 6.59. The molecule has 0 amide bonds. The minimum Gasteiger partial charge on any atom is -0.497 e. The van der Waals surface area contributed by atoms with Gasteiger partial charge in [0.15, 0.2) is 0 Å². The lowest BCUT2D eigenvalue weighted by Gasteiger charge is -2.14. The van der Waals surface area contributed by atoms with E-state index in [2.05, 4.69) is 37.8 Å². The van der Waals surface area contributed by atoms with Crippen LogP contribution in [0, 0.1) is 6.92 Å². The second-order valence-corrected chi connectivity index (χ2v) is 4.73. The van der Waals surface area contributed by atoms with Crippen LogP contribution >= 0.6 is 0 Å². The van der Waals surface area contributed by atoms with Gasteiger partial charge in [-0.05, 0) is 46.9 Å². The fraction of sp³-hybridized carbons (Fsp3) is 0.222. The quantitative estimate of drug-likeness (QED) is 0.797. The molecular weight excluding hydrogens is 248 g/mol. The standard InChI is InChI=1S/C18H20O2/c1-5-14-6-8-17(13(2)10-14)18-9-7-16(20-4)11-15(18)12-19-3/h5-11H,1,12H2,2-4H3. The third kappa shape index (κ3) is 2.91. The minimum atomic E-state index is 0.565. The van der Waals surface area contributed by atoms with Crippen molar-refractivity contribution in [2.75, 3.05) is 14.2 Å². The molecule has 0 saturated heterocycles. The zero-order valence-corrected chi connectivity index (χ0v) is 12.3. The Morgan fingerprint density at radius 3 is 2.40 bits per heavy atom. The smallest absolute Gasteiger partial charge is 0.119 e. The molecule has 0 aliphatic carbocycles. The summed E-state index contributed by atoms with van der Waals surface area (Å²) in [5.41, 5.74) is 5.88. The SMILES string of the molecule is C=Cc1ccc(-c2ccc(OC)cc2COC)c(C)c1. The number of aryl methyl sites for hydroxylation is 1. The Balaban J connectivity index is 2.53. The molecule has 0 saturated carbocycles. The molecule has 0 aromatic heterocycles. The summed E-state index contributed by atoms with van der Waals surface area (Å²) < 4.78 is 10.6. The molecule has 0 aliphatic rings. The highest BCUT2D eigenvalue weighted by Crippen LogP contribution is 2.31. The van der Waals surface area contributed by atoms with Gasteiger partial charge in [-0.2, -0.15) is 0 Å². The predicted octanol–water partition coefficient (Wildman–Crippen LogP) is 4.46. The summed E-state index contributed by atoms with van der Waals surface area (Å²) in [6, 6.07) is 12.4. The van der Waals surface area contributed by atoms with Crippen molar-refractivity contribution in [2.24, 2.45) is 0 Å². The number of rotatable bonds is 5. The van der Waals surface area contributed by atoms with Gasteiger partial charge in [0.1, 0.15) is 5.75 Å². The number of benzene rings is 2. The van der Waals surface area contributed by atoms with Gasteiger partial charge in [-0.1, -0.05) is 36.9 Å². The summed E-state index contributed by atoms with van der Waals surface area (Å²) in [6.45, 7) is 6.49. The predicted molar refractivity (Wildman–Crippen MR) is 84.0 cm³/mol. The molecule has 0 spiro atoms. The molecule has 0 unspecified atom stereocenters. The van der Waals surface area contributed by atoms with E-state index in [-0.39, 0.29) is 0 Å². The molecule has 2 nitrogen and oxygen atoms in total. The van der Waals surface area contributed by atoms with Gasteiger partial charge < -0.3 is 9.47 Å². The van der Waals surface area contributed by atoms with Gasteiger partial charge in [0, 0.05) is 7.11 Å². The molecule has 2 aromatic rings. The highest BCUT2D eigenvalue weighted by Gasteiger charge is 2.09. The van der Waals surface area contributed by atoms with Crippen molar-refractivity contribution >= 4 is 6.08 Å². The number of hydrogen-bond donors (Lipinski definition) is 0. The average molecular weight is 268 g/mol. The van der Waals surface area contributed by atoms with Crippen LogP contribution in [0.4, 0.5) is 0 Å². The summed E-state index contributed by atoms with van der Waals surface area (Å²) in [5.74, 6) is 0.848. The maximum absolute atomic E-state index is 5.30. The van der Waals surface area contributed by atoms with Crippen LogP contribution in [0.1, 0.15) is 16.7 Å². The lowest BCUT2D eigenvalue weighted by Crippen LogP contribution is -1.95. The van der Waals surface area contributed by atoms with Crippen LogP contribution in [0.15, 0.2) is 43.0 Å². The van der Waals surface area contributed by atoms with Crippen LogP contribution in [0.5, 0.6) is 5.75 Å². The Hall–Kier alpha value is -2.06. The van der Waals surface area contributed by atoms with Crippen LogP contribution in [0.3, 0.4) is 0 Å². The fourth-order valence-electron chi connectivity index (χ4n) is 2.35. The van der Waals surface area contributed by atoms with Crippen molar-refractivity contribution in [3.8, 4) is 16.9 Å². The van der Waals surface area contributed by atoms with Gasteiger partial charge in [0.2, 0.25) is 0 Å². The van der Waals surface area contributed by atoms with E-state index in [0.717, 1.165) is 16.9 Å². The monoisotopic (exact) mass is 268 g/mol. The van der Waals surface area contributed by atoms with Gasteiger partial charge in [0.05, 0.1) is 13.7 Å². The molecule has 0 N–H and O–H groups in total. The normalized spacial score (nSPS) is 10.3. The van der Waals surface area contributed by atoms with E-state index in [1.165, 1.54) is 16.7 Å². The molecule has 20 heavy (non-hydrogen) atoms.